The van der Waals surface area contributed by atoms with Gasteiger partial charge in [-0.3, -0.25) is 0 Å². The Hall–Kier alpha value is -2.34. The van der Waals surface area contributed by atoms with Crippen molar-refractivity contribution in [2.45, 2.75) is 25.5 Å². The van der Waals surface area contributed by atoms with Crippen LogP contribution < -0.4 is 4.74 Å². The first-order chi connectivity index (χ1) is 10.3. The average Bonchev–Trinajstić information content (AvgIpc) is 2.93. The molecule has 21 heavy (non-hydrogen) atoms. The van der Waals surface area contributed by atoms with Gasteiger partial charge in [0, 0.05) is 6.61 Å². The number of carbonyl (C=O) groups is 1. The highest BCUT2D eigenvalue weighted by atomic mass is 16.5. The lowest BCUT2D eigenvalue weighted by molar-refractivity contribution is -0.0414. The van der Waals surface area contributed by atoms with E-state index in [0.29, 0.717) is 12.4 Å². The SMILES string of the molecule is O=C(O)c1c(Oc2ccccc2)cnn1C1CCCCO1. The van der Waals surface area contributed by atoms with Gasteiger partial charge >= 0.3 is 5.97 Å². The van der Waals surface area contributed by atoms with Gasteiger partial charge in [0.1, 0.15) is 5.75 Å². The van der Waals surface area contributed by atoms with Crippen molar-refractivity contribution in [2.75, 3.05) is 6.61 Å². The molecule has 1 aliphatic heterocycles. The van der Waals surface area contributed by atoms with Crippen molar-refractivity contribution >= 4 is 5.97 Å². The monoisotopic (exact) mass is 288 g/mol. The molecule has 2 heterocycles. The maximum Gasteiger partial charge on any atom is 0.358 e. The van der Waals surface area contributed by atoms with Crippen LogP contribution in [0.4, 0.5) is 0 Å². The molecule has 0 spiro atoms. The van der Waals surface area contributed by atoms with E-state index in [2.05, 4.69) is 5.10 Å². The molecular weight excluding hydrogens is 272 g/mol. The minimum Gasteiger partial charge on any atom is -0.476 e. The van der Waals surface area contributed by atoms with Gasteiger partial charge in [0.2, 0.25) is 0 Å². The Kier molecular flexibility index (Phi) is 3.87. The number of carboxylic acids is 1. The Balaban J connectivity index is 1.90. The Morgan fingerprint density at radius 1 is 1.33 bits per heavy atom. The van der Waals surface area contributed by atoms with E-state index in [1.807, 2.05) is 18.2 Å². The maximum atomic E-state index is 11.5. The molecule has 6 nitrogen and oxygen atoms in total. The Labute approximate surface area is 121 Å². The molecule has 1 aliphatic rings. The molecule has 1 fully saturated rings. The molecule has 6 heteroatoms. The molecule has 1 aromatic carbocycles. The number of nitrogens with zero attached hydrogens (tertiary/aromatic N) is 2. The summed E-state index contributed by atoms with van der Waals surface area (Å²) in [4.78, 5) is 11.5. The summed E-state index contributed by atoms with van der Waals surface area (Å²) < 4.78 is 12.6. The van der Waals surface area contributed by atoms with E-state index in [0.717, 1.165) is 19.3 Å². The molecule has 1 aromatic heterocycles. The number of hydrogen-bond acceptors (Lipinski definition) is 4. The van der Waals surface area contributed by atoms with Crippen LogP contribution in [0.15, 0.2) is 36.5 Å². The first-order valence-corrected chi connectivity index (χ1v) is 6.91. The number of hydrogen-bond donors (Lipinski definition) is 1. The van der Waals surface area contributed by atoms with Crippen molar-refractivity contribution < 1.29 is 19.4 Å². The van der Waals surface area contributed by atoms with Crippen LogP contribution in [0, 0.1) is 0 Å². The van der Waals surface area contributed by atoms with Gasteiger partial charge in [-0.2, -0.15) is 5.10 Å². The van der Waals surface area contributed by atoms with E-state index in [1.54, 1.807) is 12.1 Å². The van der Waals surface area contributed by atoms with Crippen LogP contribution in [0.5, 0.6) is 11.5 Å². The summed E-state index contributed by atoms with van der Waals surface area (Å²) in [6.07, 6.45) is 3.84. The van der Waals surface area contributed by atoms with Gasteiger partial charge in [-0.15, -0.1) is 0 Å². The fourth-order valence-electron chi connectivity index (χ4n) is 2.37. The van der Waals surface area contributed by atoms with Gasteiger partial charge in [0.15, 0.2) is 17.7 Å². The van der Waals surface area contributed by atoms with Crippen LogP contribution in [0.2, 0.25) is 0 Å². The van der Waals surface area contributed by atoms with Crippen LogP contribution >= 0.6 is 0 Å². The largest absolute Gasteiger partial charge is 0.476 e. The van der Waals surface area contributed by atoms with E-state index >= 15 is 0 Å². The van der Waals surface area contributed by atoms with Crippen LogP contribution in [0.1, 0.15) is 36.0 Å². The molecule has 1 atom stereocenters. The molecule has 1 unspecified atom stereocenters. The van der Waals surface area contributed by atoms with Crippen molar-refractivity contribution in [3.8, 4) is 11.5 Å². The number of rotatable bonds is 4. The zero-order chi connectivity index (χ0) is 14.7. The van der Waals surface area contributed by atoms with Crippen LogP contribution in [-0.4, -0.2) is 27.5 Å². The first kappa shape index (κ1) is 13.6. The Morgan fingerprint density at radius 2 is 2.14 bits per heavy atom. The lowest BCUT2D eigenvalue weighted by Crippen LogP contribution is -2.22. The predicted octanol–water partition coefficient (Wildman–Crippen LogP) is 3.07. The highest BCUT2D eigenvalue weighted by Gasteiger charge is 2.26. The Morgan fingerprint density at radius 3 is 2.81 bits per heavy atom. The number of benzene rings is 1. The molecule has 3 rings (SSSR count). The topological polar surface area (TPSA) is 73.6 Å². The summed E-state index contributed by atoms with van der Waals surface area (Å²) in [6.45, 7) is 0.623. The van der Waals surface area contributed by atoms with Gasteiger partial charge in [0.05, 0.1) is 6.20 Å². The van der Waals surface area contributed by atoms with Gasteiger partial charge in [0.25, 0.3) is 0 Å². The zero-order valence-corrected chi connectivity index (χ0v) is 11.4. The number of aromatic carboxylic acids is 1. The predicted molar refractivity (Wildman–Crippen MR) is 74.5 cm³/mol. The maximum absolute atomic E-state index is 11.5. The quantitative estimate of drug-likeness (QED) is 0.935. The smallest absolute Gasteiger partial charge is 0.358 e. The second kappa shape index (κ2) is 5.97. The minimum atomic E-state index is -1.08. The number of ether oxygens (including phenoxy) is 2. The lowest BCUT2D eigenvalue weighted by Gasteiger charge is -2.23. The van der Waals surface area contributed by atoms with Gasteiger partial charge in [-0.25, -0.2) is 9.48 Å². The van der Waals surface area contributed by atoms with E-state index < -0.39 is 5.97 Å². The molecule has 1 N–H and O–H groups in total. The summed E-state index contributed by atoms with van der Waals surface area (Å²) in [5.74, 6) is -0.278. The standard InChI is InChI=1S/C15H16N2O4/c18-15(19)14-12(21-11-6-2-1-3-7-11)10-16-17(14)13-8-4-5-9-20-13/h1-3,6-7,10,13H,4-5,8-9H2,(H,18,19). The molecule has 0 amide bonds. The molecule has 0 saturated carbocycles. The van der Waals surface area contributed by atoms with Crippen molar-refractivity contribution in [2.24, 2.45) is 0 Å². The minimum absolute atomic E-state index is 0.0192. The third-order valence-electron chi connectivity index (χ3n) is 3.36. The zero-order valence-electron chi connectivity index (χ0n) is 11.4. The summed E-state index contributed by atoms with van der Waals surface area (Å²) in [5.41, 5.74) is 0.0192. The van der Waals surface area contributed by atoms with Gasteiger partial charge in [-0.1, -0.05) is 18.2 Å². The molecule has 0 radical (unpaired) electrons. The summed E-state index contributed by atoms with van der Waals surface area (Å²) >= 11 is 0. The third kappa shape index (κ3) is 2.90. The summed E-state index contributed by atoms with van der Waals surface area (Å²) in [5, 5.41) is 13.6. The van der Waals surface area contributed by atoms with Crippen molar-refractivity contribution in [1.82, 2.24) is 9.78 Å². The highest BCUT2D eigenvalue weighted by molar-refractivity contribution is 5.89. The third-order valence-corrected chi connectivity index (χ3v) is 3.36. The summed E-state index contributed by atoms with van der Waals surface area (Å²) in [6, 6.07) is 9.04. The first-order valence-electron chi connectivity index (χ1n) is 6.91. The van der Waals surface area contributed by atoms with Crippen molar-refractivity contribution in [3.63, 3.8) is 0 Å². The number of carboxylic acid groups (broad SMARTS) is 1. The van der Waals surface area contributed by atoms with Crippen LogP contribution in [0.3, 0.4) is 0 Å². The van der Waals surface area contributed by atoms with E-state index in [1.165, 1.54) is 10.9 Å². The van der Waals surface area contributed by atoms with Crippen LogP contribution in [0.25, 0.3) is 0 Å². The van der Waals surface area contributed by atoms with Gasteiger partial charge < -0.3 is 14.6 Å². The molecule has 2 aromatic rings. The average molecular weight is 288 g/mol. The van der Waals surface area contributed by atoms with Crippen molar-refractivity contribution in [3.05, 3.63) is 42.2 Å². The molecule has 110 valence electrons. The van der Waals surface area contributed by atoms with E-state index in [4.69, 9.17) is 9.47 Å². The van der Waals surface area contributed by atoms with E-state index in [9.17, 15) is 9.90 Å². The fraction of sp³-hybridized carbons (Fsp3) is 0.333. The molecule has 0 bridgehead atoms. The lowest BCUT2D eigenvalue weighted by atomic mass is 10.2. The molecule has 0 aliphatic carbocycles. The number of aromatic nitrogens is 2. The second-order valence-electron chi connectivity index (χ2n) is 4.84. The fourth-order valence-corrected chi connectivity index (χ4v) is 2.37. The van der Waals surface area contributed by atoms with Gasteiger partial charge in [-0.05, 0) is 31.4 Å². The molecule has 1 saturated heterocycles. The Bertz CT molecular complexity index is 618. The van der Waals surface area contributed by atoms with E-state index in [-0.39, 0.29) is 17.7 Å². The summed E-state index contributed by atoms with van der Waals surface area (Å²) in [7, 11) is 0. The number of para-hydroxylation sites is 1. The highest BCUT2D eigenvalue weighted by Crippen LogP contribution is 2.30. The van der Waals surface area contributed by atoms with Crippen molar-refractivity contribution in [1.29, 1.82) is 0 Å². The van der Waals surface area contributed by atoms with Crippen LogP contribution in [-0.2, 0) is 4.74 Å². The normalized spacial score (nSPS) is 18.4. The second-order valence-corrected chi connectivity index (χ2v) is 4.84. The molecular formula is C15H16N2O4.